The lowest BCUT2D eigenvalue weighted by atomic mass is 10.2. The van der Waals surface area contributed by atoms with Gasteiger partial charge >= 0.3 is 0 Å². The molecule has 3 aromatic rings. The van der Waals surface area contributed by atoms with Gasteiger partial charge in [-0.05, 0) is 54.8 Å². The molecule has 36 heavy (non-hydrogen) atoms. The molecule has 0 aromatic heterocycles. The molecule has 2 aliphatic rings. The zero-order chi connectivity index (χ0) is 24.7. The van der Waals surface area contributed by atoms with Gasteiger partial charge in [-0.2, -0.15) is 0 Å². The summed E-state index contributed by atoms with van der Waals surface area (Å²) in [4.78, 5) is 29.2. The van der Waals surface area contributed by atoms with Gasteiger partial charge in [0.05, 0.1) is 0 Å². The third-order valence-electron chi connectivity index (χ3n) is 6.56. The van der Waals surface area contributed by atoms with Crippen LogP contribution in [0.2, 0.25) is 0 Å². The van der Waals surface area contributed by atoms with E-state index in [0.29, 0.717) is 11.4 Å². The van der Waals surface area contributed by atoms with Crippen molar-refractivity contribution < 1.29 is 14.3 Å². The molecule has 0 bridgehead atoms. The van der Waals surface area contributed by atoms with E-state index in [2.05, 4.69) is 62.9 Å². The molecule has 1 aliphatic carbocycles. The van der Waals surface area contributed by atoms with Gasteiger partial charge in [0.15, 0.2) is 6.61 Å². The number of hydrogen-bond acceptors (Lipinski definition) is 5. The number of ether oxygens (including phenoxy) is 1. The number of benzene rings is 3. The summed E-state index contributed by atoms with van der Waals surface area (Å²) < 4.78 is 5.63. The molecule has 0 spiro atoms. The molecule has 186 valence electrons. The van der Waals surface area contributed by atoms with E-state index in [1.54, 1.807) is 18.2 Å². The van der Waals surface area contributed by atoms with Gasteiger partial charge in [0.2, 0.25) is 5.91 Å². The van der Waals surface area contributed by atoms with Crippen LogP contribution in [0.4, 0.5) is 17.1 Å². The van der Waals surface area contributed by atoms with Crippen LogP contribution in [0.25, 0.3) is 0 Å². The van der Waals surface area contributed by atoms with Crippen LogP contribution >= 0.6 is 0 Å². The standard InChI is InChI=1S/C29H32N4O3/c34-28(21-36-27-8-4-7-25(19-27)31-29(35)23-9-10-23)30-24-11-13-26(14-12-24)33-17-15-32(16-18-33)20-22-5-2-1-3-6-22/h1-8,11-14,19,23H,9-10,15-18,20-21H2,(H,30,34)(H,31,35). The normalized spacial score (nSPS) is 15.8. The highest BCUT2D eigenvalue weighted by Gasteiger charge is 2.29. The van der Waals surface area contributed by atoms with Gasteiger partial charge in [-0.15, -0.1) is 0 Å². The Morgan fingerprint density at radius 1 is 0.806 bits per heavy atom. The molecule has 0 radical (unpaired) electrons. The number of carbonyl (C=O) groups excluding carboxylic acids is 2. The van der Waals surface area contributed by atoms with Gasteiger partial charge in [0.25, 0.3) is 5.91 Å². The first-order chi connectivity index (χ1) is 17.6. The third-order valence-corrected chi connectivity index (χ3v) is 6.56. The molecule has 1 heterocycles. The number of anilines is 3. The van der Waals surface area contributed by atoms with Crippen LogP contribution in [0.1, 0.15) is 18.4 Å². The summed E-state index contributed by atoms with van der Waals surface area (Å²) in [5.41, 5.74) is 3.93. The fraction of sp³-hybridized carbons (Fsp3) is 0.310. The summed E-state index contributed by atoms with van der Waals surface area (Å²) in [5.74, 6) is 0.489. The Bertz CT molecular complexity index is 1170. The molecule has 0 unspecified atom stereocenters. The van der Waals surface area contributed by atoms with Gasteiger partial charge < -0.3 is 20.3 Å². The molecule has 1 aliphatic heterocycles. The van der Waals surface area contributed by atoms with E-state index in [-0.39, 0.29) is 24.3 Å². The quantitative estimate of drug-likeness (QED) is 0.472. The fourth-order valence-corrected chi connectivity index (χ4v) is 4.36. The summed E-state index contributed by atoms with van der Waals surface area (Å²) in [6.45, 7) is 4.89. The van der Waals surface area contributed by atoms with Crippen molar-refractivity contribution in [3.63, 3.8) is 0 Å². The van der Waals surface area contributed by atoms with Crippen LogP contribution in [-0.4, -0.2) is 49.5 Å². The van der Waals surface area contributed by atoms with E-state index in [0.717, 1.165) is 56.9 Å². The SMILES string of the molecule is O=C(COc1cccc(NC(=O)C2CC2)c1)Nc1ccc(N2CCN(Cc3ccccc3)CC2)cc1. The smallest absolute Gasteiger partial charge is 0.262 e. The number of rotatable bonds is 9. The number of hydrogen-bond donors (Lipinski definition) is 2. The molecule has 2 amide bonds. The van der Waals surface area contributed by atoms with Crippen molar-refractivity contribution in [3.8, 4) is 5.75 Å². The number of amides is 2. The summed E-state index contributed by atoms with van der Waals surface area (Å²) in [6.07, 6.45) is 1.91. The molecule has 7 heteroatoms. The molecule has 2 N–H and O–H groups in total. The lowest BCUT2D eigenvalue weighted by molar-refractivity contribution is -0.118. The highest BCUT2D eigenvalue weighted by molar-refractivity contribution is 5.94. The Labute approximate surface area is 212 Å². The summed E-state index contributed by atoms with van der Waals surface area (Å²) in [5, 5.41) is 5.78. The first-order valence-corrected chi connectivity index (χ1v) is 12.6. The topological polar surface area (TPSA) is 73.9 Å². The maximum absolute atomic E-state index is 12.4. The second-order valence-corrected chi connectivity index (χ2v) is 9.42. The lowest BCUT2D eigenvalue weighted by Crippen LogP contribution is -2.45. The predicted octanol–water partition coefficient (Wildman–Crippen LogP) is 4.37. The number of nitrogens with zero attached hydrogens (tertiary/aromatic N) is 2. The van der Waals surface area contributed by atoms with E-state index < -0.39 is 0 Å². The maximum atomic E-state index is 12.4. The van der Waals surface area contributed by atoms with Crippen molar-refractivity contribution in [2.75, 3.05) is 48.3 Å². The lowest BCUT2D eigenvalue weighted by Gasteiger charge is -2.36. The molecule has 3 aromatic carbocycles. The summed E-state index contributed by atoms with van der Waals surface area (Å²) in [6, 6.07) is 25.7. The molecule has 1 saturated heterocycles. The van der Waals surface area contributed by atoms with Crippen LogP contribution in [0.5, 0.6) is 5.75 Å². The summed E-state index contributed by atoms with van der Waals surface area (Å²) >= 11 is 0. The largest absolute Gasteiger partial charge is 0.484 e. The molecular formula is C29H32N4O3. The minimum atomic E-state index is -0.232. The molecule has 0 atom stereocenters. The van der Waals surface area contributed by atoms with E-state index in [1.165, 1.54) is 5.56 Å². The van der Waals surface area contributed by atoms with Crippen molar-refractivity contribution in [2.45, 2.75) is 19.4 Å². The van der Waals surface area contributed by atoms with Crippen LogP contribution in [0.3, 0.4) is 0 Å². The molecule has 7 nitrogen and oxygen atoms in total. The maximum Gasteiger partial charge on any atom is 0.262 e. The van der Waals surface area contributed by atoms with Crippen molar-refractivity contribution in [1.29, 1.82) is 0 Å². The first-order valence-electron chi connectivity index (χ1n) is 12.6. The van der Waals surface area contributed by atoms with Crippen molar-refractivity contribution >= 4 is 28.9 Å². The van der Waals surface area contributed by atoms with Crippen LogP contribution in [0, 0.1) is 5.92 Å². The van der Waals surface area contributed by atoms with Gasteiger partial charge in [-0.3, -0.25) is 14.5 Å². The molecule has 2 fully saturated rings. The Balaban J connectivity index is 1.06. The number of nitrogens with one attached hydrogen (secondary N) is 2. The zero-order valence-corrected chi connectivity index (χ0v) is 20.4. The second kappa shape index (κ2) is 11.3. The Morgan fingerprint density at radius 2 is 1.56 bits per heavy atom. The van der Waals surface area contributed by atoms with Crippen molar-refractivity contribution in [2.24, 2.45) is 5.92 Å². The minimum absolute atomic E-state index is 0.0439. The fourth-order valence-electron chi connectivity index (χ4n) is 4.36. The third kappa shape index (κ3) is 6.64. The van der Waals surface area contributed by atoms with Crippen LogP contribution < -0.4 is 20.3 Å². The van der Waals surface area contributed by atoms with Gasteiger partial charge in [-0.25, -0.2) is 0 Å². The highest BCUT2D eigenvalue weighted by atomic mass is 16.5. The van der Waals surface area contributed by atoms with Crippen molar-refractivity contribution in [3.05, 3.63) is 84.4 Å². The minimum Gasteiger partial charge on any atom is -0.484 e. The average Bonchev–Trinajstić information content (AvgIpc) is 3.75. The predicted molar refractivity (Wildman–Crippen MR) is 142 cm³/mol. The van der Waals surface area contributed by atoms with Crippen LogP contribution in [0.15, 0.2) is 78.9 Å². The Morgan fingerprint density at radius 3 is 2.28 bits per heavy atom. The zero-order valence-electron chi connectivity index (χ0n) is 20.4. The van der Waals surface area contributed by atoms with Crippen LogP contribution in [-0.2, 0) is 16.1 Å². The van der Waals surface area contributed by atoms with E-state index in [1.807, 2.05) is 18.2 Å². The van der Waals surface area contributed by atoms with E-state index >= 15 is 0 Å². The molecule has 5 rings (SSSR count). The first kappa shape index (κ1) is 23.9. The van der Waals surface area contributed by atoms with Gasteiger partial charge in [0, 0.05) is 61.8 Å². The molecule has 1 saturated carbocycles. The number of carbonyl (C=O) groups is 2. The molecular weight excluding hydrogens is 452 g/mol. The Kier molecular flexibility index (Phi) is 7.47. The Hall–Kier alpha value is -3.84. The van der Waals surface area contributed by atoms with Crippen molar-refractivity contribution in [1.82, 2.24) is 4.90 Å². The van der Waals surface area contributed by atoms with E-state index in [9.17, 15) is 9.59 Å². The van der Waals surface area contributed by atoms with Gasteiger partial charge in [-0.1, -0.05) is 36.4 Å². The van der Waals surface area contributed by atoms with E-state index in [4.69, 9.17) is 4.74 Å². The van der Waals surface area contributed by atoms with Gasteiger partial charge in [0.1, 0.15) is 5.75 Å². The summed E-state index contributed by atoms with van der Waals surface area (Å²) in [7, 11) is 0. The second-order valence-electron chi connectivity index (χ2n) is 9.42. The average molecular weight is 485 g/mol. The highest BCUT2D eigenvalue weighted by Crippen LogP contribution is 2.30. The number of piperazine rings is 1. The monoisotopic (exact) mass is 484 g/mol.